The van der Waals surface area contributed by atoms with Crippen LogP contribution in [0.5, 0.6) is 0 Å². The van der Waals surface area contributed by atoms with E-state index in [0.717, 1.165) is 0 Å². The van der Waals surface area contributed by atoms with Crippen LogP contribution in [0, 0.1) is 0 Å². The van der Waals surface area contributed by atoms with E-state index in [0.29, 0.717) is 18.1 Å². The maximum atomic E-state index is 10.9. The minimum absolute atomic E-state index is 0.0375. The van der Waals surface area contributed by atoms with E-state index in [1.54, 1.807) is 0 Å². The van der Waals surface area contributed by atoms with Crippen LogP contribution in [0.1, 0.15) is 43.0 Å². The Morgan fingerprint density at radius 2 is 2.27 bits per heavy atom. The van der Waals surface area contributed by atoms with Gasteiger partial charge in [-0.25, -0.2) is 14.8 Å². The third kappa shape index (κ3) is 2.65. The van der Waals surface area contributed by atoms with Crippen molar-refractivity contribution in [2.45, 2.75) is 26.7 Å². The summed E-state index contributed by atoms with van der Waals surface area (Å²) in [6.45, 7) is 6.38. The lowest BCUT2D eigenvalue weighted by Gasteiger charge is -2.09. The molecule has 82 valence electrons. The number of hydrogen-bond acceptors (Lipinski definition) is 4. The Hall–Kier alpha value is -1.65. The van der Waals surface area contributed by atoms with E-state index in [1.165, 1.54) is 6.20 Å². The van der Waals surface area contributed by atoms with Crippen molar-refractivity contribution in [3.8, 4) is 0 Å². The molecule has 2 N–H and O–H groups in total. The van der Waals surface area contributed by atoms with Gasteiger partial charge in [-0.05, 0) is 6.92 Å². The van der Waals surface area contributed by atoms with Crippen LogP contribution >= 0.6 is 0 Å². The summed E-state index contributed by atoms with van der Waals surface area (Å²) in [5.41, 5.74) is 0.505. The number of rotatable bonds is 4. The Balaban J connectivity index is 3.14. The molecule has 0 saturated heterocycles. The summed E-state index contributed by atoms with van der Waals surface area (Å²) in [5, 5.41) is 11.9. The Morgan fingerprint density at radius 3 is 2.73 bits per heavy atom. The van der Waals surface area contributed by atoms with Crippen molar-refractivity contribution >= 4 is 11.7 Å². The maximum absolute atomic E-state index is 10.9. The number of carbonyl (C=O) groups is 1. The van der Waals surface area contributed by atoms with Crippen LogP contribution in [-0.2, 0) is 0 Å². The molecule has 0 bridgehead atoms. The molecular weight excluding hydrogens is 194 g/mol. The molecule has 15 heavy (non-hydrogen) atoms. The van der Waals surface area contributed by atoms with Crippen LogP contribution in [0.4, 0.5) is 5.69 Å². The van der Waals surface area contributed by atoms with Gasteiger partial charge >= 0.3 is 5.97 Å². The van der Waals surface area contributed by atoms with Gasteiger partial charge in [-0.3, -0.25) is 0 Å². The van der Waals surface area contributed by atoms with E-state index >= 15 is 0 Å². The van der Waals surface area contributed by atoms with Crippen LogP contribution in [0.3, 0.4) is 0 Å². The molecule has 0 aromatic carbocycles. The van der Waals surface area contributed by atoms with Crippen LogP contribution in [0.15, 0.2) is 6.20 Å². The largest absolute Gasteiger partial charge is 0.476 e. The van der Waals surface area contributed by atoms with Crippen molar-refractivity contribution in [1.29, 1.82) is 0 Å². The summed E-state index contributed by atoms with van der Waals surface area (Å²) in [7, 11) is 0. The first-order chi connectivity index (χ1) is 7.06. The Bertz CT molecular complexity index is 364. The number of aromatic nitrogens is 2. The molecule has 1 aromatic rings. The zero-order valence-corrected chi connectivity index (χ0v) is 9.11. The van der Waals surface area contributed by atoms with Gasteiger partial charge in [-0.1, -0.05) is 13.8 Å². The highest BCUT2D eigenvalue weighted by atomic mass is 16.4. The highest BCUT2D eigenvalue weighted by Gasteiger charge is 2.14. The lowest BCUT2D eigenvalue weighted by molar-refractivity contribution is 0.0691. The van der Waals surface area contributed by atoms with Crippen molar-refractivity contribution in [2.75, 3.05) is 11.9 Å². The molecule has 0 spiro atoms. The van der Waals surface area contributed by atoms with Gasteiger partial charge in [0.15, 0.2) is 5.69 Å². The van der Waals surface area contributed by atoms with Crippen LogP contribution in [0.25, 0.3) is 0 Å². The van der Waals surface area contributed by atoms with Gasteiger partial charge in [0.1, 0.15) is 5.82 Å². The Labute approximate surface area is 88.6 Å². The summed E-state index contributed by atoms with van der Waals surface area (Å²) >= 11 is 0. The monoisotopic (exact) mass is 209 g/mol. The molecule has 0 amide bonds. The van der Waals surface area contributed by atoms with Gasteiger partial charge in [0.2, 0.25) is 0 Å². The molecular formula is C10H15N3O2. The fraction of sp³-hybridized carbons (Fsp3) is 0.500. The van der Waals surface area contributed by atoms with E-state index in [-0.39, 0.29) is 11.6 Å². The predicted molar refractivity (Wildman–Crippen MR) is 57.2 cm³/mol. The molecule has 0 saturated carbocycles. The highest BCUT2D eigenvalue weighted by molar-refractivity contribution is 5.91. The fourth-order valence-electron chi connectivity index (χ4n) is 1.16. The van der Waals surface area contributed by atoms with Crippen molar-refractivity contribution in [1.82, 2.24) is 9.97 Å². The second kappa shape index (κ2) is 4.72. The first-order valence-corrected chi connectivity index (χ1v) is 4.90. The number of carboxylic acid groups (broad SMARTS) is 1. The van der Waals surface area contributed by atoms with E-state index < -0.39 is 5.97 Å². The number of aromatic carboxylic acids is 1. The van der Waals surface area contributed by atoms with E-state index in [1.807, 2.05) is 20.8 Å². The Morgan fingerprint density at radius 1 is 1.60 bits per heavy atom. The molecule has 0 unspecified atom stereocenters. The molecule has 1 heterocycles. The molecule has 0 aliphatic heterocycles. The molecule has 0 aliphatic carbocycles. The van der Waals surface area contributed by atoms with Gasteiger partial charge in [-0.2, -0.15) is 0 Å². The van der Waals surface area contributed by atoms with Crippen molar-refractivity contribution in [2.24, 2.45) is 0 Å². The standard InChI is InChI=1S/C10H15N3O2/c1-4-11-7-5-12-9(6(2)3)13-8(7)10(14)15/h5-6,11H,4H2,1-3H3,(H,14,15). The van der Waals surface area contributed by atoms with Crippen LogP contribution in [-0.4, -0.2) is 27.6 Å². The average Bonchev–Trinajstić information content (AvgIpc) is 2.18. The third-order valence-corrected chi connectivity index (χ3v) is 1.89. The lowest BCUT2D eigenvalue weighted by Crippen LogP contribution is -2.11. The van der Waals surface area contributed by atoms with Crippen molar-refractivity contribution in [3.05, 3.63) is 17.7 Å². The number of nitrogens with one attached hydrogen (secondary N) is 1. The van der Waals surface area contributed by atoms with Crippen molar-refractivity contribution in [3.63, 3.8) is 0 Å². The number of anilines is 1. The minimum atomic E-state index is -1.03. The third-order valence-electron chi connectivity index (χ3n) is 1.89. The van der Waals surface area contributed by atoms with Crippen molar-refractivity contribution < 1.29 is 9.90 Å². The lowest BCUT2D eigenvalue weighted by atomic mass is 10.2. The average molecular weight is 209 g/mol. The smallest absolute Gasteiger partial charge is 0.356 e. The van der Waals surface area contributed by atoms with Gasteiger partial charge in [0.05, 0.1) is 11.9 Å². The molecule has 1 aromatic heterocycles. The minimum Gasteiger partial charge on any atom is -0.476 e. The molecule has 1 rings (SSSR count). The summed E-state index contributed by atoms with van der Waals surface area (Å²) in [5.74, 6) is -0.358. The summed E-state index contributed by atoms with van der Waals surface area (Å²) in [4.78, 5) is 19.1. The van der Waals surface area contributed by atoms with Crippen LogP contribution in [0.2, 0.25) is 0 Å². The summed E-state index contributed by atoms with van der Waals surface area (Å²) < 4.78 is 0. The van der Waals surface area contributed by atoms with E-state index in [4.69, 9.17) is 5.11 Å². The normalized spacial score (nSPS) is 10.4. The predicted octanol–water partition coefficient (Wildman–Crippen LogP) is 1.73. The molecule has 0 atom stereocenters. The quantitative estimate of drug-likeness (QED) is 0.789. The summed E-state index contributed by atoms with van der Waals surface area (Å²) in [6, 6.07) is 0. The first-order valence-electron chi connectivity index (χ1n) is 4.90. The van der Waals surface area contributed by atoms with E-state index in [2.05, 4.69) is 15.3 Å². The zero-order valence-electron chi connectivity index (χ0n) is 9.11. The number of carboxylic acids is 1. The first kappa shape index (κ1) is 11.4. The SMILES string of the molecule is CCNc1cnc(C(C)C)nc1C(=O)O. The fourth-order valence-corrected chi connectivity index (χ4v) is 1.16. The zero-order chi connectivity index (χ0) is 11.4. The van der Waals surface area contributed by atoms with Crippen LogP contribution < -0.4 is 5.32 Å². The molecule has 5 nitrogen and oxygen atoms in total. The van der Waals surface area contributed by atoms with Gasteiger partial charge in [0, 0.05) is 12.5 Å². The Kier molecular flexibility index (Phi) is 3.60. The van der Waals surface area contributed by atoms with Gasteiger partial charge < -0.3 is 10.4 Å². The molecule has 0 aliphatic rings. The maximum Gasteiger partial charge on any atom is 0.356 e. The van der Waals surface area contributed by atoms with Gasteiger partial charge in [-0.15, -0.1) is 0 Å². The number of nitrogens with zero attached hydrogens (tertiary/aromatic N) is 2. The highest BCUT2D eigenvalue weighted by Crippen LogP contribution is 2.15. The number of hydrogen-bond donors (Lipinski definition) is 2. The topological polar surface area (TPSA) is 75.1 Å². The van der Waals surface area contributed by atoms with Gasteiger partial charge in [0.25, 0.3) is 0 Å². The summed E-state index contributed by atoms with van der Waals surface area (Å²) in [6.07, 6.45) is 1.52. The van der Waals surface area contributed by atoms with E-state index in [9.17, 15) is 4.79 Å². The molecule has 0 fully saturated rings. The molecule has 0 radical (unpaired) electrons. The second-order valence-corrected chi connectivity index (χ2v) is 3.48. The second-order valence-electron chi connectivity index (χ2n) is 3.48. The molecule has 5 heteroatoms.